The van der Waals surface area contributed by atoms with E-state index in [1.807, 2.05) is 0 Å². The fraction of sp³-hybridized carbons (Fsp3) is 0.474. The van der Waals surface area contributed by atoms with Crippen molar-refractivity contribution in [3.63, 3.8) is 0 Å². The standard InChI is InChI=1S/C19H27P/c1-6-20(7-2)18-11-9-8-10-17(18)15-12-13-16(14-15)19(3,4)5/h8-11,13-14H,6-7,12H2,1-5H3. The largest absolute Gasteiger partial charge is 0.0763 e. The van der Waals surface area contributed by atoms with Crippen molar-refractivity contribution in [1.82, 2.24) is 0 Å². The van der Waals surface area contributed by atoms with Crippen LogP contribution >= 0.6 is 7.92 Å². The molecule has 0 aromatic heterocycles. The van der Waals surface area contributed by atoms with Gasteiger partial charge in [-0.15, -0.1) is 0 Å². The number of rotatable bonds is 4. The molecule has 0 saturated carbocycles. The molecule has 0 radical (unpaired) electrons. The maximum atomic E-state index is 2.43. The zero-order valence-corrected chi connectivity index (χ0v) is 14.4. The van der Waals surface area contributed by atoms with Gasteiger partial charge < -0.3 is 0 Å². The molecule has 1 aromatic carbocycles. The second-order valence-electron chi connectivity index (χ2n) is 6.47. The van der Waals surface area contributed by atoms with E-state index in [1.54, 1.807) is 5.30 Å². The van der Waals surface area contributed by atoms with E-state index < -0.39 is 0 Å². The molecule has 0 saturated heterocycles. The highest BCUT2D eigenvalue weighted by Gasteiger charge is 2.21. The Morgan fingerprint density at radius 2 is 1.70 bits per heavy atom. The van der Waals surface area contributed by atoms with Crippen molar-refractivity contribution < 1.29 is 0 Å². The predicted octanol–water partition coefficient (Wildman–Crippen LogP) is 5.59. The zero-order valence-electron chi connectivity index (χ0n) is 13.5. The summed E-state index contributed by atoms with van der Waals surface area (Å²) < 4.78 is 0. The van der Waals surface area contributed by atoms with Crippen molar-refractivity contribution in [2.45, 2.75) is 41.0 Å². The lowest BCUT2D eigenvalue weighted by atomic mass is 9.87. The average molecular weight is 286 g/mol. The number of hydrogen-bond donors (Lipinski definition) is 0. The fourth-order valence-corrected chi connectivity index (χ4v) is 4.81. The molecular weight excluding hydrogens is 259 g/mol. The molecule has 108 valence electrons. The van der Waals surface area contributed by atoms with Crippen LogP contribution in [0, 0.1) is 5.41 Å². The summed E-state index contributed by atoms with van der Waals surface area (Å²) in [6.45, 7) is 11.6. The molecule has 0 amide bonds. The van der Waals surface area contributed by atoms with E-state index in [-0.39, 0.29) is 13.3 Å². The van der Waals surface area contributed by atoms with Gasteiger partial charge >= 0.3 is 0 Å². The molecule has 0 fully saturated rings. The molecule has 0 heterocycles. The minimum Gasteiger partial charge on any atom is -0.0763 e. The highest BCUT2D eigenvalue weighted by molar-refractivity contribution is 7.65. The first-order valence-electron chi connectivity index (χ1n) is 7.73. The maximum Gasteiger partial charge on any atom is -0.00851 e. The Kier molecular flexibility index (Phi) is 4.86. The van der Waals surface area contributed by atoms with Gasteiger partial charge in [0.2, 0.25) is 0 Å². The molecule has 0 aliphatic heterocycles. The lowest BCUT2D eigenvalue weighted by molar-refractivity contribution is 0.518. The summed E-state index contributed by atoms with van der Waals surface area (Å²) in [5, 5.41) is 1.60. The third-order valence-corrected chi connectivity index (χ3v) is 6.69. The van der Waals surface area contributed by atoms with Gasteiger partial charge in [-0.1, -0.05) is 79.0 Å². The number of benzene rings is 1. The molecule has 0 N–H and O–H groups in total. The Morgan fingerprint density at radius 3 is 2.25 bits per heavy atom. The van der Waals surface area contributed by atoms with Gasteiger partial charge in [0.15, 0.2) is 0 Å². The normalized spacial score (nSPS) is 15.5. The van der Waals surface area contributed by atoms with Crippen LogP contribution in [-0.4, -0.2) is 12.3 Å². The summed E-state index contributed by atoms with van der Waals surface area (Å²) >= 11 is 0. The molecule has 0 spiro atoms. The van der Waals surface area contributed by atoms with E-state index in [0.717, 1.165) is 6.42 Å². The minimum atomic E-state index is 0.00541. The average Bonchev–Trinajstić information content (AvgIpc) is 2.90. The first-order chi connectivity index (χ1) is 9.47. The Balaban J connectivity index is 2.36. The highest BCUT2D eigenvalue weighted by atomic mass is 31.1. The molecule has 1 aromatic rings. The van der Waals surface area contributed by atoms with Crippen LogP contribution in [0.5, 0.6) is 0 Å². The van der Waals surface area contributed by atoms with E-state index in [9.17, 15) is 0 Å². The molecule has 2 rings (SSSR count). The first-order valence-corrected chi connectivity index (χ1v) is 9.44. The summed E-state index contributed by atoms with van der Waals surface area (Å²) in [6.07, 6.45) is 8.51. The van der Waals surface area contributed by atoms with Crippen molar-refractivity contribution in [1.29, 1.82) is 0 Å². The summed E-state index contributed by atoms with van der Waals surface area (Å²) in [5.41, 5.74) is 4.76. The first kappa shape index (κ1) is 15.5. The Hall–Kier alpha value is -0.870. The zero-order chi connectivity index (χ0) is 14.8. The summed E-state index contributed by atoms with van der Waals surface area (Å²) in [5.74, 6) is 0. The lowest BCUT2D eigenvalue weighted by Crippen LogP contribution is -2.10. The van der Waals surface area contributed by atoms with Crippen LogP contribution in [0.2, 0.25) is 0 Å². The molecule has 1 heteroatoms. The van der Waals surface area contributed by atoms with Crippen molar-refractivity contribution >= 4 is 18.8 Å². The molecule has 0 atom stereocenters. The van der Waals surface area contributed by atoms with Crippen LogP contribution in [0.15, 0.2) is 42.0 Å². The summed E-state index contributed by atoms with van der Waals surface area (Å²) in [6, 6.07) is 9.06. The van der Waals surface area contributed by atoms with Crippen molar-refractivity contribution in [2.24, 2.45) is 5.41 Å². The van der Waals surface area contributed by atoms with E-state index in [1.165, 1.54) is 29.0 Å². The van der Waals surface area contributed by atoms with Gasteiger partial charge in [-0.05, 0) is 46.2 Å². The summed E-state index contributed by atoms with van der Waals surface area (Å²) in [7, 11) is 0.00541. The molecule has 0 unspecified atom stereocenters. The lowest BCUT2D eigenvalue weighted by Gasteiger charge is -2.20. The molecular formula is C19H27P. The van der Waals surface area contributed by atoms with Gasteiger partial charge in [-0.3, -0.25) is 0 Å². The molecule has 20 heavy (non-hydrogen) atoms. The predicted molar refractivity (Wildman–Crippen MR) is 94.2 cm³/mol. The van der Waals surface area contributed by atoms with E-state index >= 15 is 0 Å². The van der Waals surface area contributed by atoms with Crippen molar-refractivity contribution in [3.05, 3.63) is 47.6 Å². The van der Waals surface area contributed by atoms with E-state index in [4.69, 9.17) is 0 Å². The van der Waals surface area contributed by atoms with Crippen molar-refractivity contribution in [3.8, 4) is 0 Å². The molecule has 0 bridgehead atoms. The Labute approximate surface area is 125 Å². The van der Waals surface area contributed by atoms with Gasteiger partial charge in [-0.25, -0.2) is 0 Å². The second-order valence-corrected chi connectivity index (χ2v) is 9.30. The van der Waals surface area contributed by atoms with E-state index in [2.05, 4.69) is 71.0 Å². The van der Waals surface area contributed by atoms with Crippen LogP contribution in [-0.2, 0) is 0 Å². The highest BCUT2D eigenvalue weighted by Crippen LogP contribution is 2.40. The van der Waals surface area contributed by atoms with Gasteiger partial charge in [0, 0.05) is 0 Å². The minimum absolute atomic E-state index is 0.00541. The topological polar surface area (TPSA) is 0 Å². The summed E-state index contributed by atoms with van der Waals surface area (Å²) in [4.78, 5) is 0. The smallest absolute Gasteiger partial charge is 0.00851 e. The van der Waals surface area contributed by atoms with Gasteiger partial charge in [-0.2, -0.15) is 0 Å². The quantitative estimate of drug-likeness (QED) is 0.633. The van der Waals surface area contributed by atoms with Crippen molar-refractivity contribution in [2.75, 3.05) is 12.3 Å². The van der Waals surface area contributed by atoms with Crippen LogP contribution in [0.1, 0.15) is 46.6 Å². The molecule has 0 nitrogen and oxygen atoms in total. The molecule has 1 aliphatic carbocycles. The second kappa shape index (κ2) is 6.27. The monoisotopic (exact) mass is 286 g/mol. The van der Waals surface area contributed by atoms with Crippen LogP contribution in [0.4, 0.5) is 0 Å². The van der Waals surface area contributed by atoms with Crippen LogP contribution < -0.4 is 5.30 Å². The Morgan fingerprint density at radius 1 is 1.05 bits per heavy atom. The fourth-order valence-electron chi connectivity index (χ4n) is 2.82. The van der Waals surface area contributed by atoms with Gasteiger partial charge in [0.05, 0.1) is 0 Å². The third-order valence-electron chi connectivity index (χ3n) is 4.09. The molecule has 1 aliphatic rings. The maximum absolute atomic E-state index is 2.43. The van der Waals surface area contributed by atoms with Gasteiger partial charge in [0.1, 0.15) is 0 Å². The third kappa shape index (κ3) is 3.23. The van der Waals surface area contributed by atoms with Crippen LogP contribution in [0.3, 0.4) is 0 Å². The number of hydrogen-bond acceptors (Lipinski definition) is 0. The number of allylic oxidation sites excluding steroid dienone is 4. The Bertz CT molecular complexity index is 525. The van der Waals surface area contributed by atoms with Gasteiger partial charge in [0.25, 0.3) is 0 Å². The van der Waals surface area contributed by atoms with E-state index in [0.29, 0.717) is 0 Å². The van der Waals surface area contributed by atoms with Crippen LogP contribution in [0.25, 0.3) is 5.57 Å². The SMILES string of the molecule is CCP(CC)c1ccccc1C1=CC(C(C)(C)C)=CC1.